The predicted molar refractivity (Wildman–Crippen MR) is 46.0 cm³/mol. The van der Waals surface area contributed by atoms with Gasteiger partial charge in [-0.3, -0.25) is 14.4 Å². The Labute approximate surface area is 99.0 Å². The molecule has 1 fully saturated rings. The van der Waals surface area contributed by atoms with Crippen LogP contribution in [0.15, 0.2) is 0 Å². The first kappa shape index (κ1) is 12.6. The van der Waals surface area contributed by atoms with Crippen LogP contribution in [-0.4, -0.2) is 60.9 Å². The Balaban J connectivity index is 0. The van der Waals surface area contributed by atoms with Gasteiger partial charge in [0.05, 0.1) is 7.11 Å². The topological polar surface area (TPSA) is 72.5 Å². The zero-order chi connectivity index (χ0) is 9.14. The van der Waals surface area contributed by atoms with Crippen molar-refractivity contribution in [3.8, 4) is 0 Å². The van der Waals surface area contributed by atoms with Crippen molar-refractivity contribution in [1.29, 1.82) is 0 Å². The monoisotopic (exact) mass is 196 g/mol. The van der Waals surface area contributed by atoms with Gasteiger partial charge in [-0.2, -0.15) is 0 Å². The number of esters is 1. The maximum absolute atomic E-state index is 11.0. The number of nitrogens with one attached hydrogen (secondary N) is 1. The van der Waals surface area contributed by atoms with E-state index in [1.54, 1.807) is 0 Å². The molecule has 1 amide bonds. The second-order valence-electron chi connectivity index (χ2n) is 2.46. The fourth-order valence-corrected chi connectivity index (χ4v) is 1.06. The van der Waals surface area contributed by atoms with Gasteiger partial charge < -0.3 is 10.1 Å². The molecule has 0 aliphatic carbocycles. The molecule has 1 atom stereocenters. The van der Waals surface area contributed by atoms with E-state index in [9.17, 15) is 14.4 Å². The summed E-state index contributed by atoms with van der Waals surface area (Å²) in [6, 6.07) is 0. The van der Waals surface area contributed by atoms with Crippen molar-refractivity contribution in [1.82, 2.24) is 5.32 Å². The zero-order valence-corrected chi connectivity index (χ0v) is 9.62. The quantitative estimate of drug-likeness (QED) is 0.322. The molecule has 1 saturated heterocycles. The van der Waals surface area contributed by atoms with Crippen molar-refractivity contribution in [2.24, 2.45) is 5.92 Å². The van der Waals surface area contributed by atoms with Gasteiger partial charge in [0.2, 0.25) is 5.91 Å². The average molecular weight is 196 g/mol. The predicted octanol–water partition coefficient (Wildman–Crippen LogP) is -1.27. The summed E-state index contributed by atoms with van der Waals surface area (Å²) in [5, 5.41) is 2.42. The molecule has 1 aliphatic rings. The molecule has 1 heterocycles. The average Bonchev–Trinajstić information content (AvgIpc) is 2.03. The Morgan fingerprint density at radius 3 is 2.69 bits per heavy atom. The second-order valence-corrected chi connectivity index (χ2v) is 2.46. The number of carbonyl (C=O) groups excluding carboxylic acids is 3. The van der Waals surface area contributed by atoms with Crippen LogP contribution in [-0.2, 0) is 19.1 Å². The SMILES string of the molecule is COC(=O)C1C(=O)CCNC1=O.[HH].[Na]. The molecule has 0 bridgehead atoms. The molecule has 1 radical (unpaired) electrons. The van der Waals surface area contributed by atoms with E-state index in [0.29, 0.717) is 6.54 Å². The maximum Gasteiger partial charge on any atom is 0.325 e. The standard InChI is InChI=1S/C7H9NO4.Na.H2/c1-12-7(11)5-4(9)2-3-8-6(5)10;;/h5H,2-3H2,1H3,(H,8,10);;1H. The molecule has 1 unspecified atom stereocenters. The molecule has 13 heavy (non-hydrogen) atoms. The number of ketones is 1. The molecule has 0 saturated carbocycles. The first-order valence-electron chi connectivity index (χ1n) is 3.55. The maximum atomic E-state index is 11.0. The van der Waals surface area contributed by atoms with Gasteiger partial charge in [-0.05, 0) is 0 Å². The van der Waals surface area contributed by atoms with Crippen molar-refractivity contribution in [2.45, 2.75) is 6.42 Å². The van der Waals surface area contributed by atoms with Gasteiger partial charge in [-0.1, -0.05) is 0 Å². The van der Waals surface area contributed by atoms with Crippen LogP contribution in [0.3, 0.4) is 0 Å². The van der Waals surface area contributed by atoms with Crippen molar-refractivity contribution in [3.05, 3.63) is 0 Å². The van der Waals surface area contributed by atoms with Crippen molar-refractivity contribution in [3.63, 3.8) is 0 Å². The number of hydrogen-bond donors (Lipinski definition) is 1. The number of hydrogen-bond acceptors (Lipinski definition) is 4. The number of ether oxygens (including phenoxy) is 1. The molecule has 69 valence electrons. The summed E-state index contributed by atoms with van der Waals surface area (Å²) in [4.78, 5) is 32.9. The summed E-state index contributed by atoms with van der Waals surface area (Å²) in [7, 11) is 1.15. The Bertz CT molecular complexity index is 219. The van der Waals surface area contributed by atoms with E-state index in [4.69, 9.17) is 0 Å². The summed E-state index contributed by atoms with van der Waals surface area (Å²) in [6.07, 6.45) is 0.200. The van der Waals surface area contributed by atoms with Crippen LogP contribution in [0, 0.1) is 5.92 Å². The summed E-state index contributed by atoms with van der Waals surface area (Å²) < 4.78 is 4.31. The summed E-state index contributed by atoms with van der Waals surface area (Å²) in [5.74, 6) is -2.95. The number of rotatable bonds is 1. The fourth-order valence-electron chi connectivity index (χ4n) is 1.06. The van der Waals surface area contributed by atoms with Crippen LogP contribution in [0.25, 0.3) is 0 Å². The minimum Gasteiger partial charge on any atom is -0.468 e. The largest absolute Gasteiger partial charge is 0.468 e. The Kier molecular flexibility index (Phi) is 5.20. The third-order valence-corrected chi connectivity index (χ3v) is 1.69. The Morgan fingerprint density at radius 1 is 1.62 bits per heavy atom. The van der Waals surface area contributed by atoms with Crippen LogP contribution < -0.4 is 5.32 Å². The molecule has 0 aromatic heterocycles. The van der Waals surface area contributed by atoms with E-state index in [2.05, 4.69) is 10.1 Å². The van der Waals surface area contributed by atoms with Gasteiger partial charge in [-0.25, -0.2) is 0 Å². The van der Waals surface area contributed by atoms with E-state index in [1.807, 2.05) is 0 Å². The Morgan fingerprint density at radius 2 is 2.23 bits per heavy atom. The number of Topliss-reactive ketones (excluding diaryl/α,β-unsaturated/α-hetero) is 1. The van der Waals surface area contributed by atoms with Crippen molar-refractivity contribution < 1.29 is 20.5 Å². The second kappa shape index (κ2) is 5.36. The summed E-state index contributed by atoms with van der Waals surface area (Å²) in [5.41, 5.74) is 0. The van der Waals surface area contributed by atoms with Gasteiger partial charge in [0, 0.05) is 43.9 Å². The van der Waals surface area contributed by atoms with Gasteiger partial charge in [-0.15, -0.1) is 0 Å². The van der Waals surface area contributed by atoms with E-state index in [0.717, 1.165) is 7.11 Å². The van der Waals surface area contributed by atoms with Crippen LogP contribution in [0.2, 0.25) is 0 Å². The molecule has 1 rings (SSSR count). The number of piperidine rings is 1. The third kappa shape index (κ3) is 2.79. The molecular weight excluding hydrogens is 185 g/mol. The number of methoxy groups -OCH3 is 1. The van der Waals surface area contributed by atoms with E-state index >= 15 is 0 Å². The van der Waals surface area contributed by atoms with E-state index < -0.39 is 17.8 Å². The first-order valence-corrected chi connectivity index (χ1v) is 3.55. The zero-order valence-electron chi connectivity index (χ0n) is 7.62. The smallest absolute Gasteiger partial charge is 0.325 e. The summed E-state index contributed by atoms with van der Waals surface area (Å²) >= 11 is 0. The van der Waals surface area contributed by atoms with Crippen LogP contribution in [0.4, 0.5) is 0 Å². The fraction of sp³-hybridized carbons (Fsp3) is 0.571. The summed E-state index contributed by atoms with van der Waals surface area (Å²) in [6.45, 7) is 0.311. The molecule has 5 nitrogen and oxygen atoms in total. The normalized spacial score (nSPS) is 21.5. The molecule has 0 aromatic rings. The van der Waals surface area contributed by atoms with Crippen LogP contribution in [0.1, 0.15) is 7.85 Å². The molecule has 1 aliphatic heterocycles. The number of amides is 1. The van der Waals surface area contributed by atoms with Gasteiger partial charge in [0.25, 0.3) is 0 Å². The van der Waals surface area contributed by atoms with Crippen LogP contribution in [0.5, 0.6) is 0 Å². The Hall–Kier alpha value is -0.390. The van der Waals surface area contributed by atoms with Gasteiger partial charge >= 0.3 is 5.97 Å². The molecule has 0 aromatic carbocycles. The molecule has 1 N–H and O–H groups in total. The van der Waals surface area contributed by atoms with Crippen LogP contribution >= 0.6 is 0 Å². The molecule has 0 spiro atoms. The van der Waals surface area contributed by atoms with Crippen molar-refractivity contribution in [2.75, 3.05) is 13.7 Å². The minimum atomic E-state index is -1.25. The minimum absolute atomic E-state index is 0. The van der Waals surface area contributed by atoms with Gasteiger partial charge in [0.1, 0.15) is 0 Å². The van der Waals surface area contributed by atoms with E-state index in [1.165, 1.54) is 0 Å². The number of carbonyl (C=O) groups is 3. The van der Waals surface area contributed by atoms with Gasteiger partial charge in [0.15, 0.2) is 11.7 Å². The van der Waals surface area contributed by atoms with E-state index in [-0.39, 0.29) is 43.2 Å². The molecular formula is C7H11NNaO4. The first-order chi connectivity index (χ1) is 5.66. The van der Waals surface area contributed by atoms with Crippen molar-refractivity contribution >= 4 is 47.2 Å². The third-order valence-electron chi connectivity index (χ3n) is 1.69. The molecule has 6 heteroatoms.